The Balaban J connectivity index is 1.86. The van der Waals surface area contributed by atoms with Gasteiger partial charge < -0.3 is 14.6 Å². The van der Waals surface area contributed by atoms with E-state index >= 15 is 0 Å². The fourth-order valence-electron chi connectivity index (χ4n) is 8.08. The molecular weight excluding hydrogens is 416 g/mol. The molecule has 0 aliphatic heterocycles. The predicted octanol–water partition coefficient (Wildman–Crippen LogP) is 5.11. The second kappa shape index (κ2) is 8.52. The Kier molecular flexibility index (Phi) is 6.82. The zero-order chi connectivity index (χ0) is 23.2. The summed E-state index contributed by atoms with van der Waals surface area (Å²) < 4.78 is 10.7. The monoisotopic (exact) mass is 456 g/mol. The highest BCUT2D eigenvalue weighted by molar-refractivity contribution is 6.25. The van der Waals surface area contributed by atoms with E-state index in [-0.39, 0.29) is 30.0 Å². The lowest BCUT2D eigenvalue weighted by Crippen LogP contribution is -2.63. The van der Waals surface area contributed by atoms with Crippen molar-refractivity contribution in [2.45, 2.75) is 97.5 Å². The van der Waals surface area contributed by atoms with Crippen LogP contribution < -0.4 is 0 Å². The second-order valence-electron chi connectivity index (χ2n) is 11.8. The van der Waals surface area contributed by atoms with E-state index in [4.69, 9.17) is 21.1 Å². The number of aliphatic hydroxyl groups is 1. The molecule has 3 rings (SSSR count). The molecule has 5 nitrogen and oxygen atoms in total. The maximum Gasteiger partial charge on any atom is 0.311 e. The van der Waals surface area contributed by atoms with E-state index in [0.717, 1.165) is 25.7 Å². The smallest absolute Gasteiger partial charge is 0.311 e. The largest absolute Gasteiger partial charge is 0.461 e. The molecule has 3 aliphatic carbocycles. The Bertz CT molecular complexity index is 704. The van der Waals surface area contributed by atoms with Crippen LogP contribution in [0.3, 0.4) is 0 Å². The van der Waals surface area contributed by atoms with Crippen LogP contribution in [0.15, 0.2) is 0 Å². The summed E-state index contributed by atoms with van der Waals surface area (Å²) in [4.78, 5) is 24.0. The maximum atomic E-state index is 13.4. The number of ether oxygens (including phenoxy) is 2. The van der Waals surface area contributed by atoms with Crippen LogP contribution in [0.4, 0.5) is 0 Å². The fraction of sp³-hybridized carbons (Fsp3) is 0.920. The summed E-state index contributed by atoms with van der Waals surface area (Å²) in [6, 6.07) is 0. The van der Waals surface area contributed by atoms with Crippen LogP contribution in [-0.2, 0) is 19.1 Å². The summed E-state index contributed by atoms with van der Waals surface area (Å²) in [7, 11) is 0. The third kappa shape index (κ3) is 4.38. The zero-order valence-corrected chi connectivity index (χ0v) is 20.9. The van der Waals surface area contributed by atoms with Gasteiger partial charge in [0, 0.05) is 6.92 Å². The van der Waals surface area contributed by atoms with Crippen molar-refractivity contribution in [2.75, 3.05) is 13.2 Å². The van der Waals surface area contributed by atoms with Crippen molar-refractivity contribution in [3.8, 4) is 0 Å². The fourth-order valence-corrected chi connectivity index (χ4v) is 8.53. The SMILES string of the molecule is CC(=O)O[C@@H](CO)COC(=O)C1[C@@]2(C)CCC3C(C)(C)CCC[C@@]3(C)C2CC[C@]1(C)Cl. The molecule has 3 saturated carbocycles. The Labute approximate surface area is 192 Å². The standard InChI is InChI=1S/C25H41ClO5/c1-16(28)31-17(14-27)15-30-21(29)20-24(5)12-8-18-22(2,3)10-7-11-23(18,4)19(24)9-13-25(20,6)26/h17-20,27H,7-15H2,1-6H3/t17-,18?,19?,20?,23+,24-,25-/m0/s1. The van der Waals surface area contributed by atoms with E-state index in [1.807, 2.05) is 6.92 Å². The summed E-state index contributed by atoms with van der Waals surface area (Å²) >= 11 is 7.02. The maximum absolute atomic E-state index is 13.4. The van der Waals surface area contributed by atoms with Gasteiger partial charge in [0.2, 0.25) is 0 Å². The van der Waals surface area contributed by atoms with Gasteiger partial charge in [-0.3, -0.25) is 9.59 Å². The molecule has 3 aliphatic rings. The van der Waals surface area contributed by atoms with Crippen molar-refractivity contribution in [1.82, 2.24) is 0 Å². The van der Waals surface area contributed by atoms with Crippen LogP contribution in [0.2, 0.25) is 0 Å². The molecule has 0 amide bonds. The lowest BCUT2D eigenvalue weighted by molar-refractivity contribution is -0.192. The number of hydrogen-bond acceptors (Lipinski definition) is 5. The number of carbonyl (C=O) groups excluding carboxylic acids is 2. The van der Waals surface area contributed by atoms with Crippen molar-refractivity contribution in [2.24, 2.45) is 34.0 Å². The topological polar surface area (TPSA) is 72.8 Å². The van der Waals surface area contributed by atoms with Crippen LogP contribution in [0.5, 0.6) is 0 Å². The third-order valence-corrected chi connectivity index (χ3v) is 9.61. The molecule has 31 heavy (non-hydrogen) atoms. The van der Waals surface area contributed by atoms with Crippen LogP contribution in [0, 0.1) is 34.0 Å². The minimum atomic E-state index is -0.845. The number of hydrogen-bond donors (Lipinski definition) is 1. The molecule has 7 atom stereocenters. The molecule has 178 valence electrons. The van der Waals surface area contributed by atoms with Gasteiger partial charge in [-0.15, -0.1) is 11.6 Å². The molecule has 0 aromatic heterocycles. The number of fused-ring (bicyclic) bond motifs is 3. The van der Waals surface area contributed by atoms with Gasteiger partial charge in [0.15, 0.2) is 6.10 Å². The van der Waals surface area contributed by atoms with E-state index in [2.05, 4.69) is 27.7 Å². The second-order valence-corrected chi connectivity index (χ2v) is 12.7. The number of rotatable bonds is 5. The summed E-state index contributed by atoms with van der Waals surface area (Å²) in [6.45, 7) is 12.3. The molecule has 1 N–H and O–H groups in total. The molecule has 6 heteroatoms. The first-order chi connectivity index (χ1) is 14.3. The van der Waals surface area contributed by atoms with Gasteiger partial charge in [0.25, 0.3) is 0 Å². The van der Waals surface area contributed by atoms with E-state index in [0.29, 0.717) is 17.3 Å². The molecule has 0 radical (unpaired) electrons. The Hall–Kier alpha value is -0.810. The van der Waals surface area contributed by atoms with Crippen molar-refractivity contribution < 1.29 is 24.2 Å². The van der Waals surface area contributed by atoms with E-state index in [1.165, 1.54) is 26.2 Å². The lowest BCUT2D eigenvalue weighted by atomic mass is 9.38. The molecule has 0 heterocycles. The van der Waals surface area contributed by atoms with Gasteiger partial charge in [0.1, 0.15) is 6.61 Å². The minimum Gasteiger partial charge on any atom is -0.461 e. The van der Waals surface area contributed by atoms with Gasteiger partial charge in [-0.25, -0.2) is 0 Å². The first-order valence-corrected chi connectivity index (χ1v) is 12.3. The average Bonchev–Trinajstić information content (AvgIpc) is 2.62. The quantitative estimate of drug-likeness (QED) is 0.459. The molecule has 0 bridgehead atoms. The normalized spacial score (nSPS) is 42.6. The number of carbonyl (C=O) groups is 2. The van der Waals surface area contributed by atoms with E-state index in [1.54, 1.807) is 0 Å². The van der Waals surface area contributed by atoms with E-state index < -0.39 is 22.9 Å². The van der Waals surface area contributed by atoms with Gasteiger partial charge in [0.05, 0.1) is 17.4 Å². The van der Waals surface area contributed by atoms with Crippen LogP contribution in [-0.4, -0.2) is 41.2 Å². The number of esters is 2. The lowest BCUT2D eigenvalue weighted by Gasteiger charge is -2.66. The van der Waals surface area contributed by atoms with Crippen LogP contribution in [0.25, 0.3) is 0 Å². The molecule has 3 fully saturated rings. The molecule has 0 saturated heterocycles. The number of aliphatic hydroxyl groups excluding tert-OH is 1. The Morgan fingerprint density at radius 1 is 1.00 bits per heavy atom. The highest BCUT2D eigenvalue weighted by Gasteiger charge is 2.65. The first kappa shape index (κ1) is 24.8. The van der Waals surface area contributed by atoms with Crippen molar-refractivity contribution in [3.63, 3.8) is 0 Å². The molecule has 0 aromatic carbocycles. The summed E-state index contributed by atoms with van der Waals surface area (Å²) in [6.07, 6.45) is 6.77. The van der Waals surface area contributed by atoms with Crippen LogP contribution >= 0.6 is 11.6 Å². The third-order valence-electron chi connectivity index (χ3n) is 9.21. The highest BCUT2D eigenvalue weighted by atomic mass is 35.5. The van der Waals surface area contributed by atoms with Gasteiger partial charge in [-0.2, -0.15) is 0 Å². The number of alkyl halides is 1. The van der Waals surface area contributed by atoms with Crippen molar-refractivity contribution in [1.29, 1.82) is 0 Å². The summed E-state index contributed by atoms with van der Waals surface area (Å²) in [5, 5.41) is 9.46. The average molecular weight is 457 g/mol. The molecular formula is C25H41ClO5. The highest BCUT2D eigenvalue weighted by Crippen LogP contribution is 2.70. The van der Waals surface area contributed by atoms with Gasteiger partial charge >= 0.3 is 11.9 Å². The molecule has 0 spiro atoms. The van der Waals surface area contributed by atoms with Crippen LogP contribution in [0.1, 0.15) is 86.5 Å². The minimum absolute atomic E-state index is 0.147. The summed E-state index contributed by atoms with van der Waals surface area (Å²) in [5.74, 6) is -0.184. The molecule has 3 unspecified atom stereocenters. The van der Waals surface area contributed by atoms with Gasteiger partial charge in [-0.05, 0) is 73.5 Å². The Morgan fingerprint density at radius 2 is 1.65 bits per heavy atom. The summed E-state index contributed by atoms with van der Waals surface area (Å²) in [5.41, 5.74) is 0.289. The van der Waals surface area contributed by atoms with Crippen molar-refractivity contribution >= 4 is 23.5 Å². The molecule has 0 aromatic rings. The zero-order valence-electron chi connectivity index (χ0n) is 20.1. The van der Waals surface area contributed by atoms with Gasteiger partial charge in [-0.1, -0.05) is 34.1 Å². The number of halogens is 1. The Morgan fingerprint density at radius 3 is 2.26 bits per heavy atom. The van der Waals surface area contributed by atoms with Crippen molar-refractivity contribution in [3.05, 3.63) is 0 Å². The predicted molar refractivity (Wildman–Crippen MR) is 121 cm³/mol. The van der Waals surface area contributed by atoms with E-state index in [9.17, 15) is 14.7 Å². The first-order valence-electron chi connectivity index (χ1n) is 11.9.